The first-order valence-electron chi connectivity index (χ1n) is 10.3. The minimum Gasteiger partial charge on any atom is -0.411 e. The maximum Gasteiger partial charge on any atom is 0.200 e. The first-order chi connectivity index (χ1) is 13.3. The highest BCUT2D eigenvalue weighted by Gasteiger charge is 2.54. The van der Waals surface area contributed by atoms with Crippen LogP contribution in [0.3, 0.4) is 0 Å². The molecule has 0 fully saturated rings. The largest absolute Gasteiger partial charge is 0.411 e. The second-order valence-electron chi connectivity index (χ2n) is 8.89. The average Bonchev–Trinajstić information content (AvgIpc) is 2.63. The molecule has 0 N–H and O–H groups in total. The van der Waals surface area contributed by atoms with Crippen LogP contribution in [-0.4, -0.2) is 27.6 Å². The van der Waals surface area contributed by atoms with Crippen LogP contribution in [0.25, 0.3) is 0 Å². The summed E-state index contributed by atoms with van der Waals surface area (Å²) in [6, 6.07) is 8.80. The van der Waals surface area contributed by atoms with E-state index in [0.29, 0.717) is 0 Å². The van der Waals surface area contributed by atoms with Gasteiger partial charge in [0, 0.05) is 6.42 Å². The Morgan fingerprint density at radius 2 is 1.52 bits per heavy atom. The summed E-state index contributed by atoms with van der Waals surface area (Å²) in [5.41, 5.74) is 1.82. The van der Waals surface area contributed by atoms with Gasteiger partial charge < -0.3 is 4.43 Å². The zero-order chi connectivity index (χ0) is 22.6. The minimum atomic E-state index is -3.98. The quantitative estimate of drug-likeness (QED) is 0.325. The third-order valence-electron chi connectivity index (χ3n) is 6.19. The summed E-state index contributed by atoms with van der Waals surface area (Å²) in [5, 5.41) is 10.2. The molecule has 0 spiro atoms. The van der Waals surface area contributed by atoms with E-state index in [2.05, 4.69) is 54.2 Å². The predicted octanol–water partition coefficient (Wildman–Crippen LogP) is 6.19. The van der Waals surface area contributed by atoms with Gasteiger partial charge in [0.15, 0.2) is 14.6 Å². The lowest BCUT2D eigenvalue weighted by molar-refractivity contribution is 0.163. The fraction of sp³-hybridized carbons (Fsp3) is 0.609. The van der Waals surface area contributed by atoms with E-state index in [1.165, 1.54) is 6.08 Å². The van der Waals surface area contributed by atoms with Crippen LogP contribution in [0.15, 0.2) is 41.8 Å². The van der Waals surface area contributed by atoms with Crippen molar-refractivity contribution >= 4 is 18.2 Å². The van der Waals surface area contributed by atoms with Crippen LogP contribution in [0.4, 0.5) is 0 Å². The third kappa shape index (κ3) is 4.52. The number of nitrogens with zero attached hydrogens (tertiary/aromatic N) is 1. The summed E-state index contributed by atoms with van der Waals surface area (Å²) < 4.78 is 32.4. The lowest BCUT2D eigenvalue weighted by Gasteiger charge is -2.46. The number of sulfone groups is 1. The maximum atomic E-state index is 13.7. The molecule has 0 heterocycles. The van der Waals surface area contributed by atoms with Crippen LogP contribution in [0, 0.1) is 18.3 Å². The molecule has 0 aliphatic heterocycles. The van der Waals surface area contributed by atoms with Crippen LogP contribution in [0.1, 0.15) is 60.5 Å². The molecule has 162 valence electrons. The Hall–Kier alpha value is -1.42. The van der Waals surface area contributed by atoms with Crippen molar-refractivity contribution in [2.45, 2.75) is 94.2 Å². The molecule has 0 aromatic heterocycles. The Bertz CT molecular complexity index is 816. The van der Waals surface area contributed by atoms with E-state index < -0.39 is 29.0 Å². The number of benzene rings is 1. The van der Waals surface area contributed by atoms with Crippen LogP contribution < -0.4 is 0 Å². The normalized spacial score (nSPS) is 15.9. The van der Waals surface area contributed by atoms with Gasteiger partial charge >= 0.3 is 0 Å². The van der Waals surface area contributed by atoms with Gasteiger partial charge in [0.1, 0.15) is 0 Å². The van der Waals surface area contributed by atoms with Gasteiger partial charge in [0.2, 0.25) is 8.32 Å². The molecule has 4 nitrogen and oxygen atoms in total. The molecule has 0 aliphatic carbocycles. The third-order valence-corrected chi connectivity index (χ3v) is 14.8. The Morgan fingerprint density at radius 3 is 1.86 bits per heavy atom. The van der Waals surface area contributed by atoms with Gasteiger partial charge in [-0.05, 0) is 42.6 Å². The van der Waals surface area contributed by atoms with Crippen molar-refractivity contribution in [2.24, 2.45) is 0 Å². The number of nitriles is 1. The Morgan fingerprint density at radius 1 is 1.07 bits per heavy atom. The summed E-state index contributed by atoms with van der Waals surface area (Å²) in [6.45, 7) is 20.3. The van der Waals surface area contributed by atoms with E-state index in [9.17, 15) is 13.7 Å². The highest BCUT2D eigenvalue weighted by Crippen LogP contribution is 2.45. The Balaban J connectivity index is 3.63. The zero-order valence-electron chi connectivity index (χ0n) is 19.2. The monoisotopic (exact) mass is 435 g/mol. The summed E-state index contributed by atoms with van der Waals surface area (Å²) in [4.78, 5) is 0.146. The van der Waals surface area contributed by atoms with Crippen molar-refractivity contribution in [3.63, 3.8) is 0 Å². The summed E-state index contributed by atoms with van der Waals surface area (Å²) in [7, 11) is -6.36. The van der Waals surface area contributed by atoms with E-state index in [4.69, 9.17) is 4.43 Å². The first-order valence-corrected chi connectivity index (χ1v) is 14.0. The summed E-state index contributed by atoms with van der Waals surface area (Å²) in [5.74, 6) is 0. The summed E-state index contributed by atoms with van der Waals surface area (Å²) in [6.07, 6.45) is 0.744. The average molecular weight is 436 g/mol. The predicted molar refractivity (Wildman–Crippen MR) is 123 cm³/mol. The smallest absolute Gasteiger partial charge is 0.200 e. The lowest BCUT2D eigenvalue weighted by Crippen LogP contribution is -2.57. The topological polar surface area (TPSA) is 67.2 Å². The van der Waals surface area contributed by atoms with E-state index in [1.807, 2.05) is 6.92 Å². The lowest BCUT2D eigenvalue weighted by atomic mass is 10.0. The molecule has 6 heteroatoms. The first kappa shape index (κ1) is 25.6. The molecule has 0 saturated heterocycles. The number of hydrogen-bond acceptors (Lipinski definition) is 4. The van der Waals surface area contributed by atoms with Gasteiger partial charge in [-0.2, -0.15) is 5.26 Å². The molecular weight excluding hydrogens is 398 g/mol. The van der Waals surface area contributed by atoms with Crippen LogP contribution in [0.2, 0.25) is 16.6 Å². The Labute approximate surface area is 179 Å². The van der Waals surface area contributed by atoms with Gasteiger partial charge in [-0.3, -0.25) is 0 Å². The van der Waals surface area contributed by atoms with E-state index in [1.54, 1.807) is 31.2 Å². The number of aryl methyl sites for hydroxylation is 1. The molecule has 0 amide bonds. The van der Waals surface area contributed by atoms with Crippen molar-refractivity contribution in [3.8, 4) is 6.07 Å². The van der Waals surface area contributed by atoms with Crippen molar-refractivity contribution in [1.82, 2.24) is 0 Å². The van der Waals surface area contributed by atoms with Crippen LogP contribution in [0.5, 0.6) is 0 Å². The van der Waals surface area contributed by atoms with Crippen molar-refractivity contribution in [2.75, 3.05) is 0 Å². The van der Waals surface area contributed by atoms with Crippen LogP contribution >= 0.6 is 0 Å². The molecule has 0 bridgehead atoms. The van der Waals surface area contributed by atoms with Gasteiger partial charge in [-0.1, -0.05) is 65.3 Å². The van der Waals surface area contributed by atoms with E-state index >= 15 is 0 Å². The van der Waals surface area contributed by atoms with E-state index in [0.717, 1.165) is 5.56 Å². The number of allylic oxidation sites excluding steroid dienone is 1. The second-order valence-corrected chi connectivity index (χ2v) is 16.5. The van der Waals surface area contributed by atoms with Gasteiger partial charge in [-0.25, -0.2) is 8.42 Å². The Kier molecular flexibility index (Phi) is 8.47. The highest BCUT2D eigenvalue weighted by atomic mass is 32.2. The molecule has 0 aliphatic rings. The van der Waals surface area contributed by atoms with Gasteiger partial charge in [0.05, 0.1) is 17.1 Å². The standard InChI is InChI=1S/C23H37NO3SSi/c1-10-15-23(16-24,28(25,26)22-13-11-20(8)12-14-22)21(9)27-29(17(2)3,18(4)5)19(6)7/h10-14,17-19,21H,1,15H2,2-9H3. The van der Waals surface area contributed by atoms with Gasteiger partial charge in [0.25, 0.3) is 0 Å². The second kappa shape index (κ2) is 9.59. The number of hydrogen-bond donors (Lipinski definition) is 0. The van der Waals surface area contributed by atoms with Crippen LogP contribution in [-0.2, 0) is 14.3 Å². The zero-order valence-corrected chi connectivity index (χ0v) is 21.0. The van der Waals surface area contributed by atoms with Crippen molar-refractivity contribution < 1.29 is 12.8 Å². The fourth-order valence-electron chi connectivity index (χ4n) is 4.64. The SMILES string of the molecule is C=CCC(C#N)(C(C)O[Si](C(C)C)(C(C)C)C(C)C)S(=O)(=O)c1ccc(C)cc1. The van der Waals surface area contributed by atoms with E-state index in [-0.39, 0.29) is 27.9 Å². The summed E-state index contributed by atoms with van der Waals surface area (Å²) >= 11 is 0. The molecule has 1 rings (SSSR count). The van der Waals surface area contributed by atoms with Gasteiger partial charge in [-0.15, -0.1) is 6.58 Å². The maximum absolute atomic E-state index is 13.7. The van der Waals surface area contributed by atoms with Crippen molar-refractivity contribution in [3.05, 3.63) is 42.5 Å². The van der Waals surface area contributed by atoms with Crippen molar-refractivity contribution in [1.29, 1.82) is 5.26 Å². The molecule has 2 atom stereocenters. The molecule has 0 saturated carbocycles. The molecular formula is C23H37NO3SSi. The minimum absolute atomic E-state index is 0.0135. The number of rotatable bonds is 10. The molecule has 29 heavy (non-hydrogen) atoms. The molecule has 1 aromatic rings. The molecule has 0 radical (unpaired) electrons. The molecule has 1 aromatic carbocycles. The fourth-order valence-corrected chi connectivity index (χ4v) is 12.2. The molecule has 2 unspecified atom stereocenters. The highest BCUT2D eigenvalue weighted by molar-refractivity contribution is 7.93.